The van der Waals surface area contributed by atoms with Crippen molar-refractivity contribution < 1.29 is 19.4 Å². The van der Waals surface area contributed by atoms with E-state index in [0.29, 0.717) is 13.2 Å². The minimum Gasteiger partial charge on any atom is -0.489 e. The van der Waals surface area contributed by atoms with E-state index in [9.17, 15) is 9.90 Å². The molecular formula is C21H24O4. The minimum absolute atomic E-state index is 0.0329. The van der Waals surface area contributed by atoms with Crippen LogP contribution >= 0.6 is 0 Å². The fourth-order valence-corrected chi connectivity index (χ4v) is 2.27. The zero-order valence-electron chi connectivity index (χ0n) is 14.7. The SMILES string of the molecule is CCCCO/C(=C\c1ccc(OCc2ccccc2)cc1C)C(=O)O. The third kappa shape index (κ3) is 5.99. The standard InChI is InChI=1S/C21H24O4/c1-3-4-12-24-20(21(22)23)14-18-10-11-19(13-16(18)2)25-15-17-8-6-5-7-9-17/h5-11,13-14H,3-4,12,15H2,1-2H3,(H,22,23)/b20-14-. The van der Waals surface area contributed by atoms with Crippen LogP contribution in [0.4, 0.5) is 0 Å². The summed E-state index contributed by atoms with van der Waals surface area (Å²) >= 11 is 0. The number of hydrogen-bond acceptors (Lipinski definition) is 3. The highest BCUT2D eigenvalue weighted by Crippen LogP contribution is 2.21. The lowest BCUT2D eigenvalue weighted by molar-refractivity contribution is -0.136. The molecule has 0 fully saturated rings. The summed E-state index contributed by atoms with van der Waals surface area (Å²) in [5, 5.41) is 9.27. The molecule has 0 heterocycles. The fraction of sp³-hybridized carbons (Fsp3) is 0.286. The van der Waals surface area contributed by atoms with E-state index in [4.69, 9.17) is 9.47 Å². The number of aliphatic carboxylic acids is 1. The van der Waals surface area contributed by atoms with Gasteiger partial charge in [-0.3, -0.25) is 0 Å². The van der Waals surface area contributed by atoms with Crippen LogP contribution in [0, 0.1) is 6.92 Å². The Kier molecular flexibility index (Phi) is 7.08. The van der Waals surface area contributed by atoms with Gasteiger partial charge in [-0.2, -0.15) is 0 Å². The largest absolute Gasteiger partial charge is 0.489 e. The van der Waals surface area contributed by atoms with Gasteiger partial charge >= 0.3 is 5.97 Å². The maximum absolute atomic E-state index is 11.3. The first-order valence-electron chi connectivity index (χ1n) is 8.45. The minimum atomic E-state index is -1.06. The lowest BCUT2D eigenvalue weighted by Crippen LogP contribution is -2.06. The summed E-state index contributed by atoms with van der Waals surface area (Å²) in [5.74, 6) is -0.336. The van der Waals surface area contributed by atoms with Crippen LogP contribution < -0.4 is 4.74 Å². The number of aryl methyl sites for hydroxylation is 1. The van der Waals surface area contributed by atoms with Crippen LogP contribution in [-0.2, 0) is 16.1 Å². The molecule has 0 aliphatic carbocycles. The van der Waals surface area contributed by atoms with E-state index in [1.807, 2.05) is 62.4 Å². The lowest BCUT2D eigenvalue weighted by Gasteiger charge is -2.10. The van der Waals surface area contributed by atoms with Gasteiger partial charge in [0.25, 0.3) is 0 Å². The predicted octanol–water partition coefficient (Wildman–Crippen LogP) is 4.82. The second kappa shape index (κ2) is 9.52. The zero-order chi connectivity index (χ0) is 18.1. The molecule has 0 saturated heterocycles. The number of unbranched alkanes of at least 4 members (excludes halogenated alkanes) is 1. The Bertz CT molecular complexity index is 720. The fourth-order valence-electron chi connectivity index (χ4n) is 2.27. The van der Waals surface area contributed by atoms with Crippen molar-refractivity contribution >= 4 is 12.0 Å². The third-order valence-corrected chi connectivity index (χ3v) is 3.74. The van der Waals surface area contributed by atoms with Crippen molar-refractivity contribution in [1.29, 1.82) is 0 Å². The first-order valence-corrected chi connectivity index (χ1v) is 8.45. The Labute approximate surface area is 148 Å². The van der Waals surface area contributed by atoms with E-state index in [1.165, 1.54) is 0 Å². The number of rotatable bonds is 9. The number of carboxylic acid groups (broad SMARTS) is 1. The van der Waals surface area contributed by atoms with E-state index in [1.54, 1.807) is 6.08 Å². The summed E-state index contributed by atoms with van der Waals surface area (Å²) in [5.41, 5.74) is 2.84. The van der Waals surface area contributed by atoms with E-state index in [2.05, 4.69) is 0 Å². The maximum Gasteiger partial charge on any atom is 0.371 e. The zero-order valence-corrected chi connectivity index (χ0v) is 14.7. The van der Waals surface area contributed by atoms with Crippen LogP contribution in [0.15, 0.2) is 54.3 Å². The Hall–Kier alpha value is -2.75. The highest BCUT2D eigenvalue weighted by Gasteiger charge is 2.10. The number of carboxylic acids is 1. The molecule has 4 nitrogen and oxygen atoms in total. The molecule has 0 aliphatic heterocycles. The molecule has 4 heteroatoms. The van der Waals surface area contributed by atoms with Gasteiger partial charge in [-0.1, -0.05) is 49.7 Å². The van der Waals surface area contributed by atoms with Gasteiger partial charge in [0.2, 0.25) is 5.76 Å². The number of ether oxygens (including phenoxy) is 2. The van der Waals surface area contributed by atoms with Gasteiger partial charge in [0.1, 0.15) is 12.4 Å². The predicted molar refractivity (Wildman–Crippen MR) is 98.4 cm³/mol. The topological polar surface area (TPSA) is 55.8 Å². The van der Waals surface area contributed by atoms with Crippen LogP contribution in [0.25, 0.3) is 6.08 Å². The summed E-state index contributed by atoms with van der Waals surface area (Å²) < 4.78 is 11.2. The quantitative estimate of drug-likeness (QED) is 0.404. The van der Waals surface area contributed by atoms with Crippen molar-refractivity contribution in [3.63, 3.8) is 0 Å². The Morgan fingerprint density at radius 3 is 2.56 bits per heavy atom. The number of hydrogen-bond donors (Lipinski definition) is 1. The van der Waals surface area contributed by atoms with Gasteiger partial charge in [0.15, 0.2) is 0 Å². The highest BCUT2D eigenvalue weighted by molar-refractivity contribution is 5.90. The van der Waals surface area contributed by atoms with Crippen molar-refractivity contribution in [3.8, 4) is 5.75 Å². The molecular weight excluding hydrogens is 316 g/mol. The smallest absolute Gasteiger partial charge is 0.371 e. The van der Waals surface area contributed by atoms with Crippen LogP contribution in [0.5, 0.6) is 5.75 Å². The summed E-state index contributed by atoms with van der Waals surface area (Å²) in [6.07, 6.45) is 3.35. The monoisotopic (exact) mass is 340 g/mol. The van der Waals surface area contributed by atoms with Gasteiger partial charge < -0.3 is 14.6 Å². The Balaban J connectivity index is 2.06. The van der Waals surface area contributed by atoms with Crippen LogP contribution in [-0.4, -0.2) is 17.7 Å². The molecule has 2 rings (SSSR count). The van der Waals surface area contributed by atoms with E-state index in [-0.39, 0.29) is 5.76 Å². The van der Waals surface area contributed by atoms with Crippen LogP contribution in [0.3, 0.4) is 0 Å². The molecule has 0 atom stereocenters. The van der Waals surface area contributed by atoms with Crippen molar-refractivity contribution in [2.45, 2.75) is 33.3 Å². The molecule has 0 radical (unpaired) electrons. The van der Waals surface area contributed by atoms with E-state index >= 15 is 0 Å². The average molecular weight is 340 g/mol. The summed E-state index contributed by atoms with van der Waals surface area (Å²) in [6.45, 7) is 4.86. The molecule has 2 aromatic carbocycles. The molecule has 1 N–H and O–H groups in total. The summed E-state index contributed by atoms with van der Waals surface area (Å²) in [7, 11) is 0. The molecule has 0 spiro atoms. The molecule has 0 amide bonds. The first-order chi connectivity index (χ1) is 12.1. The third-order valence-electron chi connectivity index (χ3n) is 3.74. The Morgan fingerprint density at radius 1 is 1.16 bits per heavy atom. The van der Waals surface area contributed by atoms with Crippen molar-refractivity contribution in [3.05, 3.63) is 71.0 Å². The molecule has 0 saturated carbocycles. The molecule has 25 heavy (non-hydrogen) atoms. The summed E-state index contributed by atoms with van der Waals surface area (Å²) in [4.78, 5) is 11.3. The number of benzene rings is 2. The second-order valence-electron chi connectivity index (χ2n) is 5.81. The van der Waals surface area contributed by atoms with Gasteiger partial charge in [-0.25, -0.2) is 4.79 Å². The molecule has 0 unspecified atom stereocenters. The summed E-state index contributed by atoms with van der Waals surface area (Å²) in [6, 6.07) is 15.5. The average Bonchev–Trinajstić information content (AvgIpc) is 2.61. The highest BCUT2D eigenvalue weighted by atomic mass is 16.5. The molecule has 2 aromatic rings. The maximum atomic E-state index is 11.3. The lowest BCUT2D eigenvalue weighted by atomic mass is 10.1. The van der Waals surface area contributed by atoms with Crippen LogP contribution in [0.2, 0.25) is 0 Å². The second-order valence-corrected chi connectivity index (χ2v) is 5.81. The molecule has 0 aliphatic rings. The normalized spacial score (nSPS) is 11.2. The first kappa shape index (κ1) is 18.6. The van der Waals surface area contributed by atoms with Gasteiger partial charge in [-0.05, 0) is 48.2 Å². The van der Waals surface area contributed by atoms with E-state index in [0.717, 1.165) is 35.3 Å². The van der Waals surface area contributed by atoms with Crippen molar-refractivity contribution in [1.82, 2.24) is 0 Å². The van der Waals surface area contributed by atoms with E-state index < -0.39 is 5.97 Å². The van der Waals surface area contributed by atoms with Gasteiger partial charge in [-0.15, -0.1) is 0 Å². The molecule has 132 valence electrons. The van der Waals surface area contributed by atoms with Crippen molar-refractivity contribution in [2.75, 3.05) is 6.61 Å². The van der Waals surface area contributed by atoms with Crippen molar-refractivity contribution in [2.24, 2.45) is 0 Å². The Morgan fingerprint density at radius 2 is 1.92 bits per heavy atom. The molecule has 0 aromatic heterocycles. The molecule has 0 bridgehead atoms. The van der Waals surface area contributed by atoms with Crippen LogP contribution in [0.1, 0.15) is 36.5 Å². The van der Waals surface area contributed by atoms with Gasteiger partial charge in [0.05, 0.1) is 6.61 Å². The number of carbonyl (C=O) groups is 1. The van der Waals surface area contributed by atoms with Gasteiger partial charge in [0, 0.05) is 0 Å².